The van der Waals surface area contributed by atoms with Gasteiger partial charge in [0.2, 0.25) is 0 Å². The Hall–Kier alpha value is -0.910. The maximum absolute atomic E-state index is 6.46. The molecule has 112 valence electrons. The predicted octanol–water partition coefficient (Wildman–Crippen LogP) is 1.57. The molecule has 0 bridgehead atoms. The van der Waals surface area contributed by atoms with Crippen molar-refractivity contribution in [1.29, 1.82) is 0 Å². The largest absolute Gasteiger partial charge is 0.381 e. The van der Waals surface area contributed by atoms with E-state index in [4.69, 9.17) is 10.5 Å². The van der Waals surface area contributed by atoms with Gasteiger partial charge in [-0.1, -0.05) is 0 Å². The first-order valence-electron chi connectivity index (χ1n) is 7.72. The van der Waals surface area contributed by atoms with Crippen molar-refractivity contribution in [3.63, 3.8) is 0 Å². The summed E-state index contributed by atoms with van der Waals surface area (Å²) in [7, 11) is 2.21. The van der Waals surface area contributed by atoms with E-state index in [1.54, 1.807) is 0 Å². The molecule has 0 aliphatic carbocycles. The first-order chi connectivity index (χ1) is 9.66. The van der Waals surface area contributed by atoms with E-state index >= 15 is 0 Å². The van der Waals surface area contributed by atoms with Crippen molar-refractivity contribution in [1.82, 2.24) is 14.5 Å². The number of imidazole rings is 1. The molecule has 0 saturated carbocycles. The van der Waals surface area contributed by atoms with E-state index in [1.165, 1.54) is 18.5 Å². The van der Waals surface area contributed by atoms with E-state index in [9.17, 15) is 0 Å². The first kappa shape index (κ1) is 14.0. The minimum atomic E-state index is 0.0509. The second kappa shape index (κ2) is 5.84. The highest BCUT2D eigenvalue weighted by Crippen LogP contribution is 2.32. The van der Waals surface area contributed by atoms with Crippen molar-refractivity contribution >= 4 is 0 Å². The Morgan fingerprint density at radius 1 is 1.45 bits per heavy atom. The number of hydrogen-bond donors (Lipinski definition) is 1. The molecule has 5 heteroatoms. The minimum Gasteiger partial charge on any atom is -0.381 e. The Balaban J connectivity index is 1.76. The van der Waals surface area contributed by atoms with Gasteiger partial charge in [0, 0.05) is 37.4 Å². The molecular weight excluding hydrogens is 252 g/mol. The maximum Gasteiger partial charge on any atom is 0.0951 e. The number of rotatable bonds is 3. The Kier molecular flexibility index (Phi) is 4.10. The van der Waals surface area contributed by atoms with Gasteiger partial charge in [0.05, 0.1) is 24.7 Å². The highest BCUT2D eigenvalue weighted by atomic mass is 16.5. The summed E-state index contributed by atoms with van der Waals surface area (Å²) in [5.74, 6) is 0.439. The highest BCUT2D eigenvalue weighted by Gasteiger charge is 2.30. The lowest BCUT2D eigenvalue weighted by Gasteiger charge is -2.36. The number of likely N-dealkylation sites (tertiary alicyclic amines) is 1. The number of nitrogens with two attached hydrogens (primary N) is 1. The molecule has 4 atom stereocenters. The third kappa shape index (κ3) is 2.62. The van der Waals surface area contributed by atoms with Crippen molar-refractivity contribution in [3.8, 4) is 0 Å². The number of aromatic nitrogens is 2. The van der Waals surface area contributed by atoms with Crippen molar-refractivity contribution in [3.05, 3.63) is 18.2 Å². The third-order valence-corrected chi connectivity index (χ3v) is 5.08. The van der Waals surface area contributed by atoms with Gasteiger partial charge in [0.1, 0.15) is 0 Å². The van der Waals surface area contributed by atoms with E-state index in [0.717, 1.165) is 26.2 Å². The normalized spacial score (nSPS) is 33.5. The molecule has 2 aliphatic rings. The summed E-state index contributed by atoms with van der Waals surface area (Å²) in [6.45, 7) is 5.08. The molecule has 20 heavy (non-hydrogen) atoms. The predicted molar refractivity (Wildman–Crippen MR) is 78.4 cm³/mol. The SMILES string of the molecule is CC1CC(n2cncc2C(N)C2CCOC2)CCN1C. The standard InChI is InChI=1S/C15H26N4O/c1-11-7-13(3-5-18(11)2)19-10-17-8-14(19)15(16)12-4-6-20-9-12/h8,10-13,15H,3-7,9,16H2,1-2H3. The second-order valence-corrected chi connectivity index (χ2v) is 6.38. The average Bonchev–Trinajstić information content (AvgIpc) is 3.11. The fourth-order valence-electron chi connectivity index (χ4n) is 3.47. The molecule has 3 heterocycles. The van der Waals surface area contributed by atoms with Crippen LogP contribution in [0.2, 0.25) is 0 Å². The third-order valence-electron chi connectivity index (χ3n) is 5.08. The monoisotopic (exact) mass is 278 g/mol. The van der Waals surface area contributed by atoms with Gasteiger partial charge in [0.25, 0.3) is 0 Å². The summed E-state index contributed by atoms with van der Waals surface area (Å²) < 4.78 is 7.80. The molecular formula is C15H26N4O. The second-order valence-electron chi connectivity index (χ2n) is 6.38. The quantitative estimate of drug-likeness (QED) is 0.912. The van der Waals surface area contributed by atoms with E-state index in [2.05, 4.69) is 28.4 Å². The topological polar surface area (TPSA) is 56.3 Å². The Morgan fingerprint density at radius 2 is 2.30 bits per heavy atom. The van der Waals surface area contributed by atoms with Gasteiger partial charge in [-0.3, -0.25) is 0 Å². The molecule has 2 N–H and O–H groups in total. The van der Waals surface area contributed by atoms with E-state index in [0.29, 0.717) is 18.0 Å². The number of piperidine rings is 1. The fraction of sp³-hybridized carbons (Fsp3) is 0.800. The summed E-state index contributed by atoms with van der Waals surface area (Å²) in [5.41, 5.74) is 7.65. The Morgan fingerprint density at radius 3 is 3.00 bits per heavy atom. The van der Waals surface area contributed by atoms with Crippen LogP contribution in [0.15, 0.2) is 12.5 Å². The summed E-state index contributed by atoms with van der Waals surface area (Å²) in [5, 5.41) is 0. The van der Waals surface area contributed by atoms with Gasteiger partial charge in [-0.05, 0) is 33.2 Å². The number of nitrogens with zero attached hydrogens (tertiary/aromatic N) is 3. The van der Waals surface area contributed by atoms with Crippen LogP contribution in [0.1, 0.15) is 44.0 Å². The molecule has 0 aromatic carbocycles. The summed E-state index contributed by atoms with van der Waals surface area (Å²) >= 11 is 0. The average molecular weight is 278 g/mol. The van der Waals surface area contributed by atoms with Crippen LogP contribution in [0.4, 0.5) is 0 Å². The lowest BCUT2D eigenvalue weighted by Crippen LogP contribution is -2.39. The van der Waals surface area contributed by atoms with Crippen LogP contribution < -0.4 is 5.73 Å². The van der Waals surface area contributed by atoms with Crippen LogP contribution in [-0.4, -0.2) is 47.3 Å². The molecule has 0 spiro atoms. The van der Waals surface area contributed by atoms with E-state index in [-0.39, 0.29) is 6.04 Å². The zero-order valence-corrected chi connectivity index (χ0v) is 12.5. The molecule has 5 nitrogen and oxygen atoms in total. The van der Waals surface area contributed by atoms with Crippen molar-refractivity contribution in [2.24, 2.45) is 11.7 Å². The van der Waals surface area contributed by atoms with Gasteiger partial charge in [-0.15, -0.1) is 0 Å². The van der Waals surface area contributed by atoms with Crippen LogP contribution >= 0.6 is 0 Å². The van der Waals surface area contributed by atoms with Gasteiger partial charge in [0.15, 0.2) is 0 Å². The molecule has 2 aliphatic heterocycles. The minimum absolute atomic E-state index is 0.0509. The molecule has 2 fully saturated rings. The van der Waals surface area contributed by atoms with Gasteiger partial charge >= 0.3 is 0 Å². The maximum atomic E-state index is 6.46. The zero-order chi connectivity index (χ0) is 14.1. The van der Waals surface area contributed by atoms with Gasteiger partial charge < -0.3 is 19.9 Å². The highest BCUT2D eigenvalue weighted by molar-refractivity contribution is 5.09. The van der Waals surface area contributed by atoms with Crippen LogP contribution in [0.5, 0.6) is 0 Å². The van der Waals surface area contributed by atoms with Crippen molar-refractivity contribution < 1.29 is 4.74 Å². The zero-order valence-electron chi connectivity index (χ0n) is 12.5. The first-order valence-corrected chi connectivity index (χ1v) is 7.72. The van der Waals surface area contributed by atoms with Crippen LogP contribution in [0.25, 0.3) is 0 Å². The molecule has 1 aromatic rings. The molecule has 1 aromatic heterocycles. The summed E-state index contributed by atoms with van der Waals surface area (Å²) in [6.07, 6.45) is 7.33. The molecule has 3 rings (SSSR count). The van der Waals surface area contributed by atoms with E-state index < -0.39 is 0 Å². The summed E-state index contributed by atoms with van der Waals surface area (Å²) in [4.78, 5) is 6.79. The number of hydrogen-bond acceptors (Lipinski definition) is 4. The molecule has 0 amide bonds. The summed E-state index contributed by atoms with van der Waals surface area (Å²) in [6, 6.07) is 1.21. The fourth-order valence-corrected chi connectivity index (χ4v) is 3.47. The van der Waals surface area contributed by atoms with Gasteiger partial charge in [-0.25, -0.2) is 4.98 Å². The van der Waals surface area contributed by atoms with Crippen LogP contribution in [-0.2, 0) is 4.74 Å². The molecule has 0 radical (unpaired) electrons. The number of ether oxygens (including phenoxy) is 1. The van der Waals surface area contributed by atoms with Crippen LogP contribution in [0.3, 0.4) is 0 Å². The van der Waals surface area contributed by atoms with Gasteiger partial charge in [-0.2, -0.15) is 0 Å². The van der Waals surface area contributed by atoms with Crippen molar-refractivity contribution in [2.75, 3.05) is 26.8 Å². The lowest BCUT2D eigenvalue weighted by molar-refractivity contribution is 0.152. The molecule has 2 saturated heterocycles. The Labute approximate surface area is 121 Å². The smallest absolute Gasteiger partial charge is 0.0951 e. The lowest BCUT2D eigenvalue weighted by atomic mass is 9.95. The van der Waals surface area contributed by atoms with Crippen molar-refractivity contribution in [2.45, 2.75) is 44.3 Å². The van der Waals surface area contributed by atoms with Crippen LogP contribution in [0, 0.1) is 5.92 Å². The molecule has 4 unspecified atom stereocenters. The van der Waals surface area contributed by atoms with E-state index in [1.807, 2.05) is 12.5 Å². The Bertz CT molecular complexity index is 441.